The molecule has 2 nitrogen and oxygen atoms in total. The molecule has 0 saturated heterocycles. The highest BCUT2D eigenvalue weighted by atomic mass is 14.9. The minimum Gasteiger partial charge on any atom is -0.349 e. The summed E-state index contributed by atoms with van der Waals surface area (Å²) in [7, 11) is 0. The second-order valence-electron chi connectivity index (χ2n) is 4.45. The topological polar surface area (TPSA) is 28.7 Å². The number of nitrogens with zero attached hydrogens (tertiary/aromatic N) is 1. The van der Waals surface area contributed by atoms with Gasteiger partial charge in [0.15, 0.2) is 0 Å². The van der Waals surface area contributed by atoms with Crippen molar-refractivity contribution < 1.29 is 0 Å². The molecule has 0 atom stereocenters. The molecule has 0 amide bonds. The second kappa shape index (κ2) is 5.18. The van der Waals surface area contributed by atoms with Crippen molar-refractivity contribution >= 4 is 0 Å². The van der Waals surface area contributed by atoms with Crippen molar-refractivity contribution in [3.63, 3.8) is 0 Å². The molecule has 1 N–H and O–H groups in total. The van der Waals surface area contributed by atoms with E-state index in [0.29, 0.717) is 0 Å². The van der Waals surface area contributed by atoms with Crippen molar-refractivity contribution in [1.29, 1.82) is 0 Å². The van der Waals surface area contributed by atoms with E-state index in [0.717, 1.165) is 12.3 Å². The van der Waals surface area contributed by atoms with Crippen LogP contribution in [0.15, 0.2) is 12.4 Å². The fraction of sp³-hybridized carbons (Fsp3) is 0.750. The van der Waals surface area contributed by atoms with E-state index in [-0.39, 0.29) is 0 Å². The fourth-order valence-corrected chi connectivity index (χ4v) is 2.43. The molecule has 1 heterocycles. The predicted molar refractivity (Wildman–Crippen MR) is 58.1 cm³/mol. The maximum atomic E-state index is 4.31. The van der Waals surface area contributed by atoms with Crippen LogP contribution in [0.25, 0.3) is 0 Å². The zero-order valence-electron chi connectivity index (χ0n) is 8.84. The summed E-state index contributed by atoms with van der Waals surface area (Å²) in [5.41, 5.74) is 0. The first-order valence-electron chi connectivity index (χ1n) is 5.93. The number of aromatic amines is 1. The first kappa shape index (κ1) is 9.75. The molecule has 1 aromatic heterocycles. The molecule has 78 valence electrons. The normalized spacial score (nSPS) is 20.3. The van der Waals surface area contributed by atoms with E-state index in [4.69, 9.17) is 0 Å². The van der Waals surface area contributed by atoms with Gasteiger partial charge in [0.25, 0.3) is 0 Å². The Morgan fingerprint density at radius 3 is 2.50 bits per heavy atom. The molecule has 2 heteroatoms. The lowest BCUT2D eigenvalue weighted by Gasteiger charge is -2.18. The summed E-state index contributed by atoms with van der Waals surface area (Å²) in [6.45, 7) is 0. The minimum atomic E-state index is 0.876. The van der Waals surface area contributed by atoms with Gasteiger partial charge in [0.2, 0.25) is 0 Å². The standard InChI is InChI=1S/C12H20N2/c1-2-4-6-11(7-5-3-1)10-12-13-8-9-14-12/h8-9,11H,1-7,10H2,(H,13,14). The Balaban J connectivity index is 1.83. The van der Waals surface area contributed by atoms with Gasteiger partial charge in [-0.15, -0.1) is 0 Å². The molecule has 0 aliphatic heterocycles. The molecule has 1 aliphatic rings. The molecule has 1 aliphatic carbocycles. The van der Waals surface area contributed by atoms with Crippen LogP contribution in [0.3, 0.4) is 0 Å². The number of hydrogen-bond donors (Lipinski definition) is 1. The lowest BCUT2D eigenvalue weighted by atomic mass is 9.89. The van der Waals surface area contributed by atoms with E-state index >= 15 is 0 Å². The number of H-pyrrole nitrogens is 1. The van der Waals surface area contributed by atoms with Gasteiger partial charge in [-0.2, -0.15) is 0 Å². The van der Waals surface area contributed by atoms with Crippen molar-refractivity contribution in [2.24, 2.45) is 5.92 Å². The smallest absolute Gasteiger partial charge is 0.106 e. The number of nitrogens with one attached hydrogen (secondary N) is 1. The highest BCUT2D eigenvalue weighted by molar-refractivity contribution is 4.89. The van der Waals surface area contributed by atoms with E-state index in [1.165, 1.54) is 50.8 Å². The van der Waals surface area contributed by atoms with E-state index < -0.39 is 0 Å². The second-order valence-corrected chi connectivity index (χ2v) is 4.45. The van der Waals surface area contributed by atoms with Crippen molar-refractivity contribution in [2.75, 3.05) is 0 Å². The highest BCUT2D eigenvalue weighted by Crippen LogP contribution is 2.24. The van der Waals surface area contributed by atoms with Crippen molar-refractivity contribution in [1.82, 2.24) is 9.97 Å². The molecular weight excluding hydrogens is 172 g/mol. The maximum Gasteiger partial charge on any atom is 0.106 e. The van der Waals surface area contributed by atoms with E-state index in [1.54, 1.807) is 0 Å². The van der Waals surface area contributed by atoms with Gasteiger partial charge in [-0.1, -0.05) is 44.9 Å². The summed E-state index contributed by atoms with van der Waals surface area (Å²) in [4.78, 5) is 7.52. The SMILES string of the molecule is c1c[nH]c(CC2CCCCCCC2)n1. The monoisotopic (exact) mass is 192 g/mol. The van der Waals surface area contributed by atoms with Crippen LogP contribution in [0, 0.1) is 5.92 Å². The van der Waals surface area contributed by atoms with E-state index in [9.17, 15) is 0 Å². The van der Waals surface area contributed by atoms with Gasteiger partial charge in [-0.25, -0.2) is 4.98 Å². The molecule has 1 aromatic rings. The van der Waals surface area contributed by atoms with Crippen molar-refractivity contribution in [3.8, 4) is 0 Å². The molecule has 14 heavy (non-hydrogen) atoms. The molecule has 0 bridgehead atoms. The van der Waals surface area contributed by atoms with Gasteiger partial charge >= 0.3 is 0 Å². The third-order valence-corrected chi connectivity index (χ3v) is 3.26. The zero-order chi connectivity index (χ0) is 9.64. The molecule has 0 spiro atoms. The number of hydrogen-bond acceptors (Lipinski definition) is 1. The first-order chi connectivity index (χ1) is 6.95. The van der Waals surface area contributed by atoms with Gasteiger partial charge in [-0.3, -0.25) is 0 Å². The Morgan fingerprint density at radius 2 is 1.86 bits per heavy atom. The first-order valence-corrected chi connectivity index (χ1v) is 5.93. The minimum absolute atomic E-state index is 0.876. The van der Waals surface area contributed by atoms with Crippen LogP contribution in [-0.4, -0.2) is 9.97 Å². The summed E-state index contributed by atoms with van der Waals surface area (Å²) in [5, 5.41) is 0. The van der Waals surface area contributed by atoms with Gasteiger partial charge in [0, 0.05) is 18.8 Å². The van der Waals surface area contributed by atoms with E-state index in [2.05, 4.69) is 9.97 Å². The molecule has 0 radical (unpaired) electrons. The molecule has 0 unspecified atom stereocenters. The number of aromatic nitrogens is 2. The van der Waals surface area contributed by atoms with Crippen molar-refractivity contribution in [3.05, 3.63) is 18.2 Å². The average Bonchev–Trinajstić information content (AvgIpc) is 2.62. The highest BCUT2D eigenvalue weighted by Gasteiger charge is 2.12. The molecule has 2 rings (SSSR count). The van der Waals surface area contributed by atoms with Crippen molar-refractivity contribution in [2.45, 2.75) is 51.4 Å². The Hall–Kier alpha value is -0.790. The van der Waals surface area contributed by atoms with Gasteiger partial charge in [0.1, 0.15) is 5.82 Å². The number of imidazole rings is 1. The van der Waals surface area contributed by atoms with Crippen LogP contribution in [0.4, 0.5) is 0 Å². The zero-order valence-corrected chi connectivity index (χ0v) is 8.84. The van der Waals surface area contributed by atoms with Gasteiger partial charge in [0.05, 0.1) is 0 Å². The Morgan fingerprint density at radius 1 is 1.14 bits per heavy atom. The average molecular weight is 192 g/mol. The lowest BCUT2D eigenvalue weighted by Crippen LogP contribution is -2.08. The van der Waals surface area contributed by atoms with Gasteiger partial charge < -0.3 is 4.98 Å². The third kappa shape index (κ3) is 2.86. The summed E-state index contributed by atoms with van der Waals surface area (Å²) >= 11 is 0. The summed E-state index contributed by atoms with van der Waals surface area (Å²) in [6.07, 6.45) is 14.9. The summed E-state index contributed by atoms with van der Waals surface area (Å²) in [5.74, 6) is 2.05. The van der Waals surface area contributed by atoms with Gasteiger partial charge in [-0.05, 0) is 5.92 Å². The molecule has 1 fully saturated rings. The van der Waals surface area contributed by atoms with Crippen LogP contribution < -0.4 is 0 Å². The van der Waals surface area contributed by atoms with Crippen LogP contribution in [0.5, 0.6) is 0 Å². The summed E-state index contributed by atoms with van der Waals surface area (Å²) < 4.78 is 0. The molecular formula is C12H20N2. The third-order valence-electron chi connectivity index (χ3n) is 3.26. The Kier molecular flexibility index (Phi) is 3.61. The van der Waals surface area contributed by atoms with E-state index in [1.807, 2.05) is 12.4 Å². The largest absolute Gasteiger partial charge is 0.349 e. The Bertz CT molecular complexity index is 233. The van der Waals surface area contributed by atoms with Crippen LogP contribution in [0.1, 0.15) is 50.8 Å². The maximum absolute atomic E-state index is 4.31. The molecule has 1 saturated carbocycles. The lowest BCUT2D eigenvalue weighted by molar-refractivity contribution is 0.372. The summed E-state index contributed by atoms with van der Waals surface area (Å²) in [6, 6.07) is 0. The molecule has 0 aromatic carbocycles. The van der Waals surface area contributed by atoms with Crippen LogP contribution >= 0.6 is 0 Å². The van der Waals surface area contributed by atoms with Crippen LogP contribution in [-0.2, 0) is 6.42 Å². The quantitative estimate of drug-likeness (QED) is 0.765. The Labute approximate surface area is 86.1 Å². The number of rotatable bonds is 2. The predicted octanol–water partition coefficient (Wildman–Crippen LogP) is 3.31. The fourth-order valence-electron chi connectivity index (χ4n) is 2.43. The van der Waals surface area contributed by atoms with Crippen LogP contribution in [0.2, 0.25) is 0 Å².